The highest BCUT2D eigenvalue weighted by Crippen LogP contribution is 2.40. The molecule has 0 atom stereocenters. The molecule has 0 unspecified atom stereocenters. The lowest BCUT2D eigenvalue weighted by molar-refractivity contribution is -0.143. The number of anilines is 1. The SMILES string of the molecule is O=C(Nc1ccc2c(c1)OCO2)c1cc2nc3c(c(C(F)(F)F)n2n1)CCc1ccccc1-3. The van der Waals surface area contributed by atoms with Gasteiger partial charge in [-0.25, -0.2) is 9.50 Å². The molecule has 166 valence electrons. The minimum absolute atomic E-state index is 0.0476. The van der Waals surface area contributed by atoms with Crippen molar-refractivity contribution in [1.29, 1.82) is 0 Å². The second-order valence-electron chi connectivity index (χ2n) is 7.76. The van der Waals surface area contributed by atoms with Crippen LogP contribution in [-0.4, -0.2) is 27.3 Å². The Morgan fingerprint density at radius 1 is 1.03 bits per heavy atom. The first-order chi connectivity index (χ1) is 15.9. The third-order valence-corrected chi connectivity index (χ3v) is 5.75. The fourth-order valence-electron chi connectivity index (χ4n) is 4.30. The van der Waals surface area contributed by atoms with Crippen LogP contribution in [0.15, 0.2) is 48.5 Å². The molecule has 4 aromatic rings. The lowest BCUT2D eigenvalue weighted by Gasteiger charge is -2.23. The van der Waals surface area contributed by atoms with Gasteiger partial charge in [0, 0.05) is 28.9 Å². The van der Waals surface area contributed by atoms with Crippen LogP contribution in [0.25, 0.3) is 16.9 Å². The molecule has 0 fully saturated rings. The van der Waals surface area contributed by atoms with Gasteiger partial charge in [0.05, 0.1) is 5.69 Å². The molecule has 0 spiro atoms. The third-order valence-electron chi connectivity index (χ3n) is 5.75. The normalized spacial score (nSPS) is 14.2. The maximum absolute atomic E-state index is 14.2. The van der Waals surface area contributed by atoms with E-state index in [-0.39, 0.29) is 35.8 Å². The molecule has 0 saturated carbocycles. The van der Waals surface area contributed by atoms with Crippen molar-refractivity contribution < 1.29 is 27.4 Å². The van der Waals surface area contributed by atoms with Crippen molar-refractivity contribution in [2.75, 3.05) is 12.1 Å². The first kappa shape index (κ1) is 19.6. The number of carbonyl (C=O) groups is 1. The van der Waals surface area contributed by atoms with Crippen LogP contribution in [0.3, 0.4) is 0 Å². The van der Waals surface area contributed by atoms with E-state index < -0.39 is 17.8 Å². The highest BCUT2D eigenvalue weighted by atomic mass is 19.4. The Balaban J connectivity index is 1.45. The molecule has 1 N–H and O–H groups in total. The Morgan fingerprint density at radius 3 is 2.70 bits per heavy atom. The summed E-state index contributed by atoms with van der Waals surface area (Å²) in [6.45, 7) is 0.0822. The number of aromatic nitrogens is 3. The maximum Gasteiger partial charge on any atom is 0.433 e. The van der Waals surface area contributed by atoms with Gasteiger partial charge in [0.1, 0.15) is 0 Å². The average molecular weight is 452 g/mol. The Labute approximate surface area is 184 Å². The smallest absolute Gasteiger partial charge is 0.433 e. The first-order valence-electron chi connectivity index (χ1n) is 10.2. The van der Waals surface area contributed by atoms with Crippen LogP contribution in [-0.2, 0) is 19.0 Å². The number of amides is 1. The maximum atomic E-state index is 14.2. The van der Waals surface area contributed by atoms with Crippen molar-refractivity contribution >= 4 is 17.2 Å². The summed E-state index contributed by atoms with van der Waals surface area (Å²) in [4.78, 5) is 17.3. The van der Waals surface area contributed by atoms with Crippen LogP contribution in [0.4, 0.5) is 18.9 Å². The molecule has 3 heterocycles. The summed E-state index contributed by atoms with van der Waals surface area (Å²) in [6, 6.07) is 13.4. The number of rotatable bonds is 2. The van der Waals surface area contributed by atoms with E-state index in [2.05, 4.69) is 15.4 Å². The summed E-state index contributed by atoms with van der Waals surface area (Å²) in [5, 5.41) is 6.61. The van der Waals surface area contributed by atoms with E-state index >= 15 is 0 Å². The van der Waals surface area contributed by atoms with Crippen molar-refractivity contribution in [2.24, 2.45) is 0 Å². The van der Waals surface area contributed by atoms with Gasteiger partial charge in [-0.15, -0.1) is 0 Å². The molecule has 6 rings (SSSR count). The summed E-state index contributed by atoms with van der Waals surface area (Å²) in [5.74, 6) is 0.353. The summed E-state index contributed by atoms with van der Waals surface area (Å²) >= 11 is 0. The van der Waals surface area contributed by atoms with Gasteiger partial charge in [-0.3, -0.25) is 4.79 Å². The van der Waals surface area contributed by atoms with Gasteiger partial charge in [-0.2, -0.15) is 18.3 Å². The van der Waals surface area contributed by atoms with Crippen LogP contribution in [0, 0.1) is 0 Å². The summed E-state index contributed by atoms with van der Waals surface area (Å²) in [5.41, 5.74) is 1.24. The van der Waals surface area contributed by atoms with E-state index in [1.165, 1.54) is 6.07 Å². The van der Waals surface area contributed by atoms with Crippen LogP contribution in [0.2, 0.25) is 0 Å². The van der Waals surface area contributed by atoms with E-state index in [0.717, 1.165) is 10.1 Å². The van der Waals surface area contributed by atoms with Crippen LogP contribution >= 0.6 is 0 Å². The number of carbonyl (C=O) groups excluding carboxylic acids is 1. The minimum atomic E-state index is -4.67. The van der Waals surface area contributed by atoms with Gasteiger partial charge in [-0.05, 0) is 30.5 Å². The Morgan fingerprint density at radius 2 is 1.85 bits per heavy atom. The summed E-state index contributed by atoms with van der Waals surface area (Å²) in [7, 11) is 0. The fourth-order valence-corrected chi connectivity index (χ4v) is 4.30. The lowest BCUT2D eigenvalue weighted by atomic mass is 9.88. The number of nitrogens with zero attached hydrogens (tertiary/aromatic N) is 3. The Hall–Kier alpha value is -4.08. The van der Waals surface area contributed by atoms with E-state index in [4.69, 9.17) is 9.47 Å². The average Bonchev–Trinajstić information content (AvgIpc) is 3.43. The van der Waals surface area contributed by atoms with E-state index in [0.29, 0.717) is 29.2 Å². The van der Waals surface area contributed by atoms with E-state index in [1.54, 1.807) is 30.3 Å². The number of nitrogens with one attached hydrogen (secondary N) is 1. The van der Waals surface area contributed by atoms with Crippen LogP contribution in [0.1, 0.15) is 27.3 Å². The van der Waals surface area contributed by atoms with Crippen molar-refractivity contribution in [3.05, 3.63) is 71.0 Å². The number of hydrogen-bond donors (Lipinski definition) is 1. The quantitative estimate of drug-likeness (QED) is 0.485. The third kappa shape index (κ3) is 3.17. The lowest BCUT2D eigenvalue weighted by Crippen LogP contribution is -2.21. The number of ether oxygens (including phenoxy) is 2. The Bertz CT molecular complexity index is 1450. The largest absolute Gasteiger partial charge is 0.454 e. The standard InChI is InChI=1S/C23H15F3N4O3/c24-23(25,26)21-15-7-5-12-3-1-2-4-14(12)20(15)28-19-10-16(29-30(19)21)22(31)27-13-6-8-17-18(9-13)33-11-32-17/h1-4,6,8-10H,5,7,11H2,(H,27,31). The molecular formula is C23H15F3N4O3. The zero-order valence-electron chi connectivity index (χ0n) is 16.9. The van der Waals surface area contributed by atoms with Crippen LogP contribution in [0.5, 0.6) is 11.5 Å². The highest BCUT2D eigenvalue weighted by Gasteiger charge is 2.40. The van der Waals surface area contributed by atoms with Crippen LogP contribution < -0.4 is 14.8 Å². The van der Waals surface area contributed by atoms with Gasteiger partial charge >= 0.3 is 6.18 Å². The number of fused-ring (bicyclic) bond motifs is 5. The fraction of sp³-hybridized carbons (Fsp3) is 0.174. The molecule has 33 heavy (non-hydrogen) atoms. The zero-order chi connectivity index (χ0) is 22.7. The van der Waals surface area contributed by atoms with Gasteiger partial charge in [-0.1, -0.05) is 24.3 Å². The summed E-state index contributed by atoms with van der Waals surface area (Å²) < 4.78 is 53.7. The van der Waals surface area contributed by atoms with Gasteiger partial charge in [0.25, 0.3) is 5.91 Å². The monoisotopic (exact) mass is 452 g/mol. The van der Waals surface area contributed by atoms with E-state index in [1.807, 2.05) is 12.1 Å². The van der Waals surface area contributed by atoms with Crippen molar-refractivity contribution in [3.8, 4) is 22.8 Å². The number of halogens is 3. The second kappa shape index (κ2) is 6.96. The van der Waals surface area contributed by atoms with Crippen molar-refractivity contribution in [2.45, 2.75) is 19.0 Å². The Kier molecular flexibility index (Phi) is 4.13. The zero-order valence-corrected chi connectivity index (χ0v) is 16.9. The summed E-state index contributed by atoms with van der Waals surface area (Å²) in [6.07, 6.45) is -4.02. The van der Waals surface area contributed by atoms with Crippen molar-refractivity contribution in [1.82, 2.24) is 14.6 Å². The molecule has 0 bridgehead atoms. The first-order valence-corrected chi connectivity index (χ1v) is 10.2. The minimum Gasteiger partial charge on any atom is -0.454 e. The number of alkyl halides is 3. The van der Waals surface area contributed by atoms with Gasteiger partial charge in [0.2, 0.25) is 6.79 Å². The molecule has 2 aliphatic rings. The second-order valence-corrected chi connectivity index (χ2v) is 7.76. The van der Waals surface area contributed by atoms with Crippen molar-refractivity contribution in [3.63, 3.8) is 0 Å². The number of hydrogen-bond acceptors (Lipinski definition) is 5. The molecule has 1 amide bonds. The number of benzene rings is 2. The van der Waals surface area contributed by atoms with Gasteiger partial charge in [0.15, 0.2) is 28.5 Å². The topological polar surface area (TPSA) is 77.8 Å². The predicted molar refractivity (Wildman–Crippen MR) is 111 cm³/mol. The van der Waals surface area contributed by atoms with E-state index in [9.17, 15) is 18.0 Å². The molecule has 2 aromatic carbocycles. The number of aryl methyl sites for hydroxylation is 1. The molecule has 1 aliphatic carbocycles. The molecule has 0 radical (unpaired) electrons. The molecule has 2 aromatic heterocycles. The molecule has 0 saturated heterocycles. The molecule has 7 nitrogen and oxygen atoms in total. The van der Waals surface area contributed by atoms with Gasteiger partial charge < -0.3 is 14.8 Å². The molecule has 1 aliphatic heterocycles. The highest BCUT2D eigenvalue weighted by molar-refractivity contribution is 6.03. The predicted octanol–water partition coefficient (Wildman–Crippen LogP) is 4.49. The molecular weight excluding hydrogens is 437 g/mol. The molecule has 10 heteroatoms.